The molecule has 0 aliphatic carbocycles. The van der Waals surface area contributed by atoms with Crippen LogP contribution in [0.2, 0.25) is 9.36 Å². The van der Waals surface area contributed by atoms with E-state index in [1.807, 2.05) is 13.8 Å². The molecule has 0 fully saturated rings. The monoisotopic (exact) mass is 343 g/mol. The summed E-state index contributed by atoms with van der Waals surface area (Å²) in [6, 6.07) is 0.539. The highest BCUT2D eigenvalue weighted by Gasteiger charge is 2.19. The standard InChI is InChI=1S/C10H15Cl2N3O2S2/c1-5(2)3-7(13)10(16)15-19(14,17)8-4-6(11)9(12)18-8/h4-5,7H,3,13H2,1-2H3,(H2,14,15,16,17)/t7-,19?/m0/s1. The normalized spacial score (nSPS) is 16.2. The van der Waals surface area contributed by atoms with Gasteiger partial charge in [0.05, 0.1) is 11.1 Å². The summed E-state index contributed by atoms with van der Waals surface area (Å²) in [4.78, 5) is 11.7. The van der Waals surface area contributed by atoms with Gasteiger partial charge in [0, 0.05) is 0 Å². The first-order valence-electron chi connectivity index (χ1n) is 5.42. The predicted octanol–water partition coefficient (Wildman–Crippen LogP) is 2.66. The lowest BCUT2D eigenvalue weighted by molar-refractivity contribution is -0.119. The fourth-order valence-electron chi connectivity index (χ4n) is 1.33. The van der Waals surface area contributed by atoms with Crippen LogP contribution in [-0.4, -0.2) is 16.2 Å². The Morgan fingerprint density at radius 2 is 2.11 bits per heavy atom. The van der Waals surface area contributed by atoms with E-state index >= 15 is 0 Å². The smallest absolute Gasteiger partial charge is 0.271 e. The molecule has 0 aliphatic rings. The maximum Gasteiger partial charge on any atom is 0.271 e. The molecule has 4 N–H and O–H groups in total. The van der Waals surface area contributed by atoms with E-state index in [2.05, 4.69) is 4.36 Å². The molecule has 19 heavy (non-hydrogen) atoms. The molecule has 1 heterocycles. The summed E-state index contributed by atoms with van der Waals surface area (Å²) >= 11 is 12.4. The number of amides is 1. The maximum atomic E-state index is 12.2. The van der Waals surface area contributed by atoms with Crippen LogP contribution in [0.4, 0.5) is 0 Å². The van der Waals surface area contributed by atoms with Gasteiger partial charge < -0.3 is 5.73 Å². The van der Waals surface area contributed by atoms with Gasteiger partial charge in [-0.3, -0.25) is 4.79 Å². The molecule has 0 bridgehead atoms. The summed E-state index contributed by atoms with van der Waals surface area (Å²) in [5, 5.41) is 5.80. The van der Waals surface area contributed by atoms with Gasteiger partial charge >= 0.3 is 0 Å². The molecule has 0 aromatic carbocycles. The molecule has 9 heteroatoms. The van der Waals surface area contributed by atoms with Crippen LogP contribution in [0, 0.1) is 5.92 Å². The van der Waals surface area contributed by atoms with E-state index in [0.29, 0.717) is 6.42 Å². The maximum absolute atomic E-state index is 12.2. The zero-order valence-corrected chi connectivity index (χ0v) is 13.6. The number of carbonyl (C=O) groups excluding carboxylic acids is 1. The quantitative estimate of drug-likeness (QED) is 0.878. The van der Waals surface area contributed by atoms with Crippen molar-refractivity contribution in [1.29, 1.82) is 0 Å². The van der Waals surface area contributed by atoms with Crippen LogP contribution in [0.5, 0.6) is 0 Å². The van der Waals surface area contributed by atoms with E-state index < -0.39 is 21.9 Å². The average molecular weight is 344 g/mol. The van der Waals surface area contributed by atoms with Crippen molar-refractivity contribution in [1.82, 2.24) is 0 Å². The van der Waals surface area contributed by atoms with Crippen LogP contribution in [-0.2, 0) is 14.7 Å². The van der Waals surface area contributed by atoms with Crippen molar-refractivity contribution in [2.24, 2.45) is 21.2 Å². The van der Waals surface area contributed by atoms with Crippen molar-refractivity contribution in [3.05, 3.63) is 15.4 Å². The zero-order chi connectivity index (χ0) is 14.8. The number of hydrogen-bond donors (Lipinski definition) is 2. The number of nitrogens with two attached hydrogens (primary N) is 2. The van der Waals surface area contributed by atoms with Crippen molar-refractivity contribution in [2.45, 2.75) is 30.5 Å². The highest BCUT2D eigenvalue weighted by molar-refractivity contribution is 7.93. The molecule has 108 valence electrons. The van der Waals surface area contributed by atoms with E-state index in [4.69, 9.17) is 34.1 Å². The van der Waals surface area contributed by atoms with Crippen LogP contribution < -0.4 is 10.9 Å². The molecular weight excluding hydrogens is 329 g/mol. The lowest BCUT2D eigenvalue weighted by Gasteiger charge is -2.10. The van der Waals surface area contributed by atoms with Gasteiger partial charge in [0.15, 0.2) is 9.92 Å². The van der Waals surface area contributed by atoms with Crippen molar-refractivity contribution in [3.8, 4) is 0 Å². The van der Waals surface area contributed by atoms with Gasteiger partial charge in [-0.15, -0.1) is 15.7 Å². The van der Waals surface area contributed by atoms with Crippen LogP contribution >= 0.6 is 34.5 Å². The van der Waals surface area contributed by atoms with Gasteiger partial charge in [-0.05, 0) is 18.4 Å². The first kappa shape index (κ1) is 16.9. The van der Waals surface area contributed by atoms with Gasteiger partial charge in [0.1, 0.15) is 8.55 Å². The Hall–Kier alpha value is -0.180. The third-order valence-corrected chi connectivity index (χ3v) is 5.95. The second-order valence-corrected chi connectivity index (χ2v) is 8.50. The molecule has 5 nitrogen and oxygen atoms in total. The zero-order valence-electron chi connectivity index (χ0n) is 10.4. The molecule has 1 amide bonds. The van der Waals surface area contributed by atoms with Crippen LogP contribution in [0.1, 0.15) is 20.3 Å². The van der Waals surface area contributed by atoms with E-state index in [9.17, 15) is 9.00 Å². The molecule has 2 atom stereocenters. The van der Waals surface area contributed by atoms with Gasteiger partial charge in [0.2, 0.25) is 0 Å². The van der Waals surface area contributed by atoms with Gasteiger partial charge in [-0.2, -0.15) is 0 Å². The van der Waals surface area contributed by atoms with Crippen molar-refractivity contribution >= 4 is 50.4 Å². The number of nitrogens with zero attached hydrogens (tertiary/aromatic N) is 1. The predicted molar refractivity (Wildman–Crippen MR) is 79.8 cm³/mol. The summed E-state index contributed by atoms with van der Waals surface area (Å²) in [6.07, 6.45) is 0.448. The SMILES string of the molecule is CC(C)C[C@H](N)C(=O)N=S(N)(=O)c1cc(Cl)c(Cl)s1. The highest BCUT2D eigenvalue weighted by atomic mass is 35.5. The highest BCUT2D eigenvalue weighted by Crippen LogP contribution is 2.34. The molecule has 0 aliphatic heterocycles. The summed E-state index contributed by atoms with van der Waals surface area (Å²) in [7, 11) is -3.35. The van der Waals surface area contributed by atoms with E-state index in [0.717, 1.165) is 11.3 Å². The number of rotatable bonds is 4. The number of halogens is 2. The summed E-state index contributed by atoms with van der Waals surface area (Å²) in [5.41, 5.74) is 5.67. The average Bonchev–Trinajstić information content (AvgIpc) is 2.58. The Kier molecular flexibility index (Phi) is 5.78. The van der Waals surface area contributed by atoms with Gasteiger partial charge in [0.25, 0.3) is 5.91 Å². The van der Waals surface area contributed by atoms with Crippen molar-refractivity contribution < 1.29 is 9.00 Å². The number of thiophene rings is 1. The fourth-order valence-corrected chi connectivity index (χ4v) is 4.25. The Bertz CT molecular complexity index is 572. The minimum Gasteiger partial charge on any atom is -0.320 e. The molecule has 0 radical (unpaired) electrons. The lowest BCUT2D eigenvalue weighted by Crippen LogP contribution is -2.32. The molecule has 0 saturated heterocycles. The molecule has 1 aromatic rings. The molecule has 1 unspecified atom stereocenters. The van der Waals surface area contributed by atoms with Crippen LogP contribution in [0.3, 0.4) is 0 Å². The third-order valence-electron chi connectivity index (χ3n) is 2.18. The van der Waals surface area contributed by atoms with Crippen molar-refractivity contribution in [3.63, 3.8) is 0 Å². The fraction of sp³-hybridized carbons (Fsp3) is 0.500. The van der Waals surface area contributed by atoms with Gasteiger partial charge in [-0.25, -0.2) is 9.35 Å². The molecule has 0 spiro atoms. The summed E-state index contributed by atoms with van der Waals surface area (Å²) in [5.74, 6) is -0.449. The second-order valence-electron chi connectivity index (χ2n) is 4.42. The molecular formula is C10H15Cl2N3O2S2. The largest absolute Gasteiger partial charge is 0.320 e. The van der Waals surface area contributed by atoms with E-state index in [1.165, 1.54) is 6.07 Å². The number of carbonyl (C=O) groups is 1. The number of hydrogen-bond acceptors (Lipinski definition) is 4. The lowest BCUT2D eigenvalue weighted by atomic mass is 10.0. The third kappa shape index (κ3) is 4.70. The topological polar surface area (TPSA) is 98.5 Å². The first-order valence-corrected chi connectivity index (χ1v) is 8.57. The Balaban J connectivity index is 3.02. The summed E-state index contributed by atoms with van der Waals surface area (Å²) in [6.45, 7) is 3.84. The van der Waals surface area contributed by atoms with E-state index in [1.54, 1.807) is 0 Å². The minimum absolute atomic E-state index is 0.160. The van der Waals surface area contributed by atoms with E-state index in [-0.39, 0.29) is 19.5 Å². The molecule has 1 aromatic heterocycles. The first-order chi connectivity index (χ1) is 8.63. The van der Waals surface area contributed by atoms with Gasteiger partial charge in [-0.1, -0.05) is 37.0 Å². The van der Waals surface area contributed by atoms with Crippen LogP contribution in [0.25, 0.3) is 0 Å². The Morgan fingerprint density at radius 1 is 1.53 bits per heavy atom. The Labute approximate surface area is 126 Å². The summed E-state index contributed by atoms with van der Waals surface area (Å²) < 4.78 is 16.1. The van der Waals surface area contributed by atoms with Crippen LogP contribution in [0.15, 0.2) is 14.6 Å². The Morgan fingerprint density at radius 3 is 2.53 bits per heavy atom. The molecule has 1 rings (SSSR count). The second kappa shape index (κ2) is 6.51. The molecule has 0 saturated carbocycles. The minimum atomic E-state index is -3.35. The van der Waals surface area contributed by atoms with Crippen molar-refractivity contribution in [2.75, 3.05) is 0 Å².